The molecule has 2 aliphatic heterocycles. The number of likely N-dealkylation sites (tertiary alicyclic amines) is 1. The van der Waals surface area contributed by atoms with Gasteiger partial charge in [-0.05, 0) is 74.2 Å². The van der Waals surface area contributed by atoms with E-state index >= 15 is 0 Å². The van der Waals surface area contributed by atoms with Crippen LogP contribution in [0, 0.1) is 11.2 Å². The summed E-state index contributed by atoms with van der Waals surface area (Å²) in [6, 6.07) is 14.4. The molecule has 1 spiro atoms. The van der Waals surface area contributed by atoms with Gasteiger partial charge in [0.1, 0.15) is 17.2 Å². The van der Waals surface area contributed by atoms with E-state index in [0.29, 0.717) is 6.54 Å². The van der Waals surface area contributed by atoms with Crippen molar-refractivity contribution in [2.45, 2.75) is 56.1 Å². The van der Waals surface area contributed by atoms with E-state index in [1.165, 1.54) is 12.1 Å². The molecule has 3 fully saturated rings. The van der Waals surface area contributed by atoms with Gasteiger partial charge in [-0.15, -0.1) is 0 Å². The molecule has 3 unspecified atom stereocenters. The van der Waals surface area contributed by atoms with E-state index in [4.69, 9.17) is 4.74 Å². The molecule has 5 nitrogen and oxygen atoms in total. The summed E-state index contributed by atoms with van der Waals surface area (Å²) in [6.45, 7) is 2.13. The second kappa shape index (κ2) is 8.73. The fourth-order valence-electron chi connectivity index (χ4n) is 6.52. The average Bonchev–Trinajstić information content (AvgIpc) is 3.16. The molecule has 2 N–H and O–H groups in total. The number of carbonyl (C=O) groups excluding carboxylic acids is 1. The molecular weight excluding hydrogens is 419 g/mol. The van der Waals surface area contributed by atoms with Crippen LogP contribution in [0.5, 0.6) is 5.75 Å². The highest BCUT2D eigenvalue weighted by Gasteiger charge is 2.54. The second-order valence-electron chi connectivity index (χ2n) is 9.92. The molecule has 2 heterocycles. The standard InChI is InChI=1S/C27H33FN2O3/c1-33-22-6-4-5-20(17-22)27(32)12-3-2-7-24(27)30-15-13-26(14-16-30)23(18-29-25(26)31)19-8-10-21(28)11-9-19/h4-6,8-11,17,23-24,32H,2-3,7,12-16,18H2,1H3,(H,29,31). The first-order valence-electron chi connectivity index (χ1n) is 12.1. The van der Waals surface area contributed by atoms with Crippen LogP contribution >= 0.6 is 0 Å². The van der Waals surface area contributed by atoms with Crippen molar-refractivity contribution in [1.29, 1.82) is 0 Å². The molecule has 2 aromatic carbocycles. The molecule has 1 saturated carbocycles. The van der Waals surface area contributed by atoms with Crippen molar-refractivity contribution in [2.75, 3.05) is 26.7 Å². The fourth-order valence-corrected chi connectivity index (χ4v) is 6.52. The summed E-state index contributed by atoms with van der Waals surface area (Å²) in [6.07, 6.45) is 5.24. The van der Waals surface area contributed by atoms with Crippen molar-refractivity contribution in [3.8, 4) is 5.75 Å². The summed E-state index contributed by atoms with van der Waals surface area (Å²) >= 11 is 0. The Bertz CT molecular complexity index is 1000. The van der Waals surface area contributed by atoms with Gasteiger partial charge in [0, 0.05) is 18.5 Å². The first-order chi connectivity index (χ1) is 16.0. The number of piperidine rings is 1. The highest BCUT2D eigenvalue weighted by molar-refractivity contribution is 5.86. The van der Waals surface area contributed by atoms with Crippen molar-refractivity contribution in [3.05, 3.63) is 65.5 Å². The summed E-state index contributed by atoms with van der Waals surface area (Å²) < 4.78 is 18.9. The maximum absolute atomic E-state index is 13.5. The number of hydrogen-bond acceptors (Lipinski definition) is 4. The summed E-state index contributed by atoms with van der Waals surface area (Å²) in [5.74, 6) is 0.668. The smallest absolute Gasteiger partial charge is 0.227 e. The predicted molar refractivity (Wildman–Crippen MR) is 125 cm³/mol. The van der Waals surface area contributed by atoms with Gasteiger partial charge in [-0.1, -0.05) is 37.1 Å². The normalized spacial score (nSPS) is 29.7. The quantitative estimate of drug-likeness (QED) is 0.737. The van der Waals surface area contributed by atoms with E-state index in [1.54, 1.807) is 7.11 Å². The minimum Gasteiger partial charge on any atom is -0.497 e. The van der Waals surface area contributed by atoms with Crippen molar-refractivity contribution in [1.82, 2.24) is 10.2 Å². The highest BCUT2D eigenvalue weighted by atomic mass is 19.1. The van der Waals surface area contributed by atoms with Crippen molar-refractivity contribution in [2.24, 2.45) is 5.41 Å². The van der Waals surface area contributed by atoms with Crippen LogP contribution in [0.15, 0.2) is 48.5 Å². The predicted octanol–water partition coefficient (Wildman–Crippen LogP) is 3.96. The Morgan fingerprint density at radius 2 is 1.85 bits per heavy atom. The van der Waals surface area contributed by atoms with Gasteiger partial charge < -0.3 is 15.2 Å². The molecule has 3 aliphatic rings. The zero-order valence-corrected chi connectivity index (χ0v) is 19.2. The topological polar surface area (TPSA) is 61.8 Å². The van der Waals surface area contributed by atoms with E-state index < -0.39 is 11.0 Å². The lowest BCUT2D eigenvalue weighted by Gasteiger charge is -2.50. The third-order valence-corrected chi connectivity index (χ3v) is 8.40. The monoisotopic (exact) mass is 452 g/mol. The Labute approximate surface area is 194 Å². The molecule has 0 bridgehead atoms. The largest absolute Gasteiger partial charge is 0.497 e. The number of aliphatic hydroxyl groups is 1. The Morgan fingerprint density at radius 1 is 1.09 bits per heavy atom. The summed E-state index contributed by atoms with van der Waals surface area (Å²) in [7, 11) is 1.65. The molecule has 3 atom stereocenters. The average molecular weight is 453 g/mol. The molecule has 0 aromatic heterocycles. The zero-order valence-electron chi connectivity index (χ0n) is 19.2. The summed E-state index contributed by atoms with van der Waals surface area (Å²) in [5, 5.41) is 15.0. The lowest BCUT2D eigenvalue weighted by molar-refractivity contribution is -0.134. The molecule has 1 aliphatic carbocycles. The maximum atomic E-state index is 13.5. The van der Waals surface area contributed by atoms with Crippen LogP contribution in [0.4, 0.5) is 4.39 Å². The molecule has 33 heavy (non-hydrogen) atoms. The van der Waals surface area contributed by atoms with Crippen LogP contribution in [-0.2, 0) is 10.4 Å². The minimum atomic E-state index is -0.925. The SMILES string of the molecule is COc1cccc(C2(O)CCCCC2N2CCC3(CC2)C(=O)NCC3c2ccc(F)cc2)c1. The summed E-state index contributed by atoms with van der Waals surface area (Å²) in [5.41, 5.74) is 0.547. The molecule has 5 rings (SSSR count). The Hall–Kier alpha value is -2.44. The number of carbonyl (C=O) groups is 1. The maximum Gasteiger partial charge on any atom is 0.227 e. The molecule has 2 aromatic rings. The van der Waals surface area contributed by atoms with Crippen LogP contribution < -0.4 is 10.1 Å². The number of benzene rings is 2. The van der Waals surface area contributed by atoms with Gasteiger partial charge >= 0.3 is 0 Å². The lowest BCUT2D eigenvalue weighted by atomic mass is 9.66. The molecule has 1 amide bonds. The van der Waals surface area contributed by atoms with E-state index in [-0.39, 0.29) is 23.7 Å². The van der Waals surface area contributed by atoms with Gasteiger partial charge in [-0.2, -0.15) is 0 Å². The van der Waals surface area contributed by atoms with Crippen molar-refractivity contribution in [3.63, 3.8) is 0 Å². The van der Waals surface area contributed by atoms with E-state index in [1.807, 2.05) is 36.4 Å². The number of nitrogens with zero attached hydrogens (tertiary/aromatic N) is 1. The molecular formula is C27H33FN2O3. The molecule has 6 heteroatoms. The Balaban J connectivity index is 1.38. The number of methoxy groups -OCH3 is 1. The van der Waals surface area contributed by atoms with Gasteiger partial charge in [0.05, 0.1) is 12.5 Å². The second-order valence-corrected chi connectivity index (χ2v) is 9.92. The van der Waals surface area contributed by atoms with Crippen LogP contribution in [0.3, 0.4) is 0 Å². The van der Waals surface area contributed by atoms with E-state index in [0.717, 1.165) is 68.5 Å². The van der Waals surface area contributed by atoms with Gasteiger partial charge in [-0.3, -0.25) is 9.69 Å². The van der Waals surface area contributed by atoms with Crippen LogP contribution in [0.2, 0.25) is 0 Å². The lowest BCUT2D eigenvalue weighted by Crippen LogP contribution is -2.57. The van der Waals surface area contributed by atoms with Gasteiger partial charge in [-0.25, -0.2) is 4.39 Å². The number of ether oxygens (including phenoxy) is 1. The number of amides is 1. The Kier molecular flexibility index (Phi) is 5.91. The van der Waals surface area contributed by atoms with Gasteiger partial charge in [0.2, 0.25) is 5.91 Å². The third kappa shape index (κ3) is 3.83. The van der Waals surface area contributed by atoms with Gasteiger partial charge in [0.25, 0.3) is 0 Å². The van der Waals surface area contributed by atoms with Crippen LogP contribution in [0.1, 0.15) is 55.6 Å². The number of halogens is 1. The highest BCUT2D eigenvalue weighted by Crippen LogP contribution is 2.50. The Morgan fingerprint density at radius 3 is 2.58 bits per heavy atom. The van der Waals surface area contributed by atoms with Crippen molar-refractivity contribution < 1.29 is 19.0 Å². The molecule has 0 radical (unpaired) electrons. The number of nitrogens with one attached hydrogen (secondary N) is 1. The van der Waals surface area contributed by atoms with Gasteiger partial charge in [0.15, 0.2) is 0 Å². The third-order valence-electron chi connectivity index (χ3n) is 8.40. The fraction of sp³-hybridized carbons (Fsp3) is 0.519. The van der Waals surface area contributed by atoms with E-state index in [2.05, 4.69) is 10.2 Å². The first kappa shape index (κ1) is 22.4. The molecule has 2 saturated heterocycles. The van der Waals surface area contributed by atoms with E-state index in [9.17, 15) is 14.3 Å². The van der Waals surface area contributed by atoms with Crippen LogP contribution in [0.25, 0.3) is 0 Å². The molecule has 176 valence electrons. The van der Waals surface area contributed by atoms with Crippen molar-refractivity contribution >= 4 is 5.91 Å². The first-order valence-corrected chi connectivity index (χ1v) is 12.1. The zero-order chi connectivity index (χ0) is 23.1. The summed E-state index contributed by atoms with van der Waals surface area (Å²) in [4.78, 5) is 15.4. The number of hydrogen-bond donors (Lipinski definition) is 2. The van der Waals surface area contributed by atoms with Crippen LogP contribution in [-0.4, -0.2) is 48.7 Å². The minimum absolute atomic E-state index is 0.0180. The number of rotatable bonds is 4.